The van der Waals surface area contributed by atoms with Gasteiger partial charge in [-0.2, -0.15) is 0 Å². The Kier molecular flexibility index (Phi) is 4.83. The average Bonchev–Trinajstić information content (AvgIpc) is 2.25. The van der Waals surface area contributed by atoms with Gasteiger partial charge in [0.05, 0.1) is 0 Å². The van der Waals surface area contributed by atoms with E-state index >= 15 is 0 Å². The Labute approximate surface area is 93.3 Å². The molecular formula is C10H13FN2OS. The third kappa shape index (κ3) is 4.60. The standard InChI is InChI=1S/C10H13FN2OS/c11-5-6-12-10(15)13-7-8-1-3-9(14)4-2-8/h1-4,14H,5-7H2,(H2,12,13,15). The molecule has 15 heavy (non-hydrogen) atoms. The maximum atomic E-state index is 11.8. The van der Waals surface area contributed by atoms with E-state index in [0.29, 0.717) is 11.7 Å². The van der Waals surface area contributed by atoms with Crippen LogP contribution in [0.2, 0.25) is 0 Å². The molecule has 0 heterocycles. The van der Waals surface area contributed by atoms with Gasteiger partial charge in [0.2, 0.25) is 0 Å². The number of rotatable bonds is 4. The van der Waals surface area contributed by atoms with Crippen LogP contribution in [0.4, 0.5) is 4.39 Å². The van der Waals surface area contributed by atoms with E-state index in [1.807, 2.05) is 0 Å². The van der Waals surface area contributed by atoms with Gasteiger partial charge in [-0.15, -0.1) is 0 Å². The van der Waals surface area contributed by atoms with Crippen molar-refractivity contribution in [1.29, 1.82) is 0 Å². The lowest BCUT2D eigenvalue weighted by Gasteiger charge is -2.08. The minimum Gasteiger partial charge on any atom is -0.508 e. The van der Waals surface area contributed by atoms with Crippen LogP contribution in [0.25, 0.3) is 0 Å². The summed E-state index contributed by atoms with van der Waals surface area (Å²) in [7, 11) is 0. The van der Waals surface area contributed by atoms with Crippen molar-refractivity contribution in [3.8, 4) is 5.75 Å². The van der Waals surface area contributed by atoms with Crippen LogP contribution in [0.5, 0.6) is 5.75 Å². The smallest absolute Gasteiger partial charge is 0.166 e. The molecule has 0 aliphatic heterocycles. The lowest BCUT2D eigenvalue weighted by atomic mass is 10.2. The highest BCUT2D eigenvalue weighted by molar-refractivity contribution is 7.80. The minimum absolute atomic E-state index is 0.224. The van der Waals surface area contributed by atoms with Crippen molar-refractivity contribution in [2.45, 2.75) is 6.54 Å². The molecule has 0 radical (unpaired) electrons. The summed E-state index contributed by atoms with van der Waals surface area (Å²) in [5.41, 5.74) is 0.997. The molecular weight excluding hydrogens is 215 g/mol. The van der Waals surface area contributed by atoms with Gasteiger partial charge in [0, 0.05) is 13.1 Å². The summed E-state index contributed by atoms with van der Waals surface area (Å²) >= 11 is 4.91. The fourth-order valence-corrected chi connectivity index (χ4v) is 1.19. The molecule has 1 rings (SSSR count). The van der Waals surface area contributed by atoms with E-state index in [0.717, 1.165) is 5.56 Å². The molecule has 82 valence electrons. The van der Waals surface area contributed by atoms with Crippen molar-refractivity contribution < 1.29 is 9.50 Å². The van der Waals surface area contributed by atoms with Crippen LogP contribution in [0.15, 0.2) is 24.3 Å². The zero-order valence-corrected chi connectivity index (χ0v) is 8.98. The molecule has 1 aromatic carbocycles. The van der Waals surface area contributed by atoms with E-state index in [4.69, 9.17) is 17.3 Å². The van der Waals surface area contributed by atoms with E-state index in [2.05, 4.69) is 10.6 Å². The summed E-state index contributed by atoms with van der Waals surface area (Å²) in [4.78, 5) is 0. The fourth-order valence-electron chi connectivity index (χ4n) is 1.02. The molecule has 0 saturated carbocycles. The molecule has 5 heteroatoms. The Balaban J connectivity index is 2.30. The van der Waals surface area contributed by atoms with Gasteiger partial charge in [-0.3, -0.25) is 0 Å². The first kappa shape index (κ1) is 11.7. The summed E-state index contributed by atoms with van der Waals surface area (Å²) in [6.07, 6.45) is 0. The summed E-state index contributed by atoms with van der Waals surface area (Å²) in [5, 5.41) is 15.1. The van der Waals surface area contributed by atoms with Gasteiger partial charge in [-0.25, -0.2) is 4.39 Å². The number of nitrogens with one attached hydrogen (secondary N) is 2. The quantitative estimate of drug-likeness (QED) is 0.680. The van der Waals surface area contributed by atoms with Crippen LogP contribution in [0, 0.1) is 0 Å². The maximum absolute atomic E-state index is 11.8. The third-order valence-corrected chi connectivity index (χ3v) is 2.06. The SMILES string of the molecule is Oc1ccc(CNC(=S)NCCF)cc1. The summed E-state index contributed by atoms with van der Waals surface area (Å²) in [6.45, 7) is 0.334. The highest BCUT2D eigenvalue weighted by atomic mass is 32.1. The summed E-state index contributed by atoms with van der Waals surface area (Å²) in [6, 6.07) is 6.80. The minimum atomic E-state index is -0.443. The molecule has 1 aromatic rings. The molecule has 0 fully saturated rings. The second-order valence-electron chi connectivity index (χ2n) is 2.96. The molecule has 0 aliphatic carbocycles. The Bertz CT molecular complexity index is 316. The third-order valence-electron chi connectivity index (χ3n) is 1.77. The van der Waals surface area contributed by atoms with Crippen molar-refractivity contribution in [1.82, 2.24) is 10.6 Å². The number of hydrogen-bond donors (Lipinski definition) is 3. The first-order valence-electron chi connectivity index (χ1n) is 4.58. The van der Waals surface area contributed by atoms with Crippen molar-refractivity contribution in [2.24, 2.45) is 0 Å². The van der Waals surface area contributed by atoms with E-state index in [1.165, 1.54) is 0 Å². The van der Waals surface area contributed by atoms with Crippen LogP contribution in [-0.2, 0) is 6.54 Å². The number of phenolic OH excluding ortho intramolecular Hbond substituents is 1. The number of phenols is 1. The van der Waals surface area contributed by atoms with Gasteiger partial charge in [-0.05, 0) is 29.9 Å². The lowest BCUT2D eigenvalue weighted by Crippen LogP contribution is -2.35. The predicted molar refractivity (Wildman–Crippen MR) is 61.5 cm³/mol. The normalized spacial score (nSPS) is 9.67. The van der Waals surface area contributed by atoms with Gasteiger partial charge in [0.1, 0.15) is 12.4 Å². The zero-order valence-electron chi connectivity index (χ0n) is 8.16. The fraction of sp³-hybridized carbons (Fsp3) is 0.300. The van der Waals surface area contributed by atoms with Gasteiger partial charge in [0.15, 0.2) is 5.11 Å². The monoisotopic (exact) mass is 228 g/mol. The number of alkyl halides is 1. The Morgan fingerprint density at radius 2 is 1.93 bits per heavy atom. The van der Waals surface area contributed by atoms with Crippen LogP contribution in [-0.4, -0.2) is 23.4 Å². The van der Waals surface area contributed by atoms with Crippen molar-refractivity contribution >= 4 is 17.3 Å². The predicted octanol–water partition coefficient (Wildman–Crippen LogP) is 1.33. The maximum Gasteiger partial charge on any atom is 0.166 e. The molecule has 0 aromatic heterocycles. The van der Waals surface area contributed by atoms with E-state index < -0.39 is 6.67 Å². The average molecular weight is 228 g/mol. The molecule has 3 N–H and O–H groups in total. The zero-order chi connectivity index (χ0) is 11.1. The topological polar surface area (TPSA) is 44.3 Å². The van der Waals surface area contributed by atoms with Gasteiger partial charge < -0.3 is 15.7 Å². The lowest BCUT2D eigenvalue weighted by molar-refractivity contribution is 0.475. The van der Waals surface area contributed by atoms with Crippen LogP contribution < -0.4 is 10.6 Å². The number of thiocarbonyl (C=S) groups is 1. The number of benzene rings is 1. The number of halogens is 1. The molecule has 3 nitrogen and oxygen atoms in total. The van der Waals surface area contributed by atoms with Crippen molar-refractivity contribution in [2.75, 3.05) is 13.2 Å². The van der Waals surface area contributed by atoms with Gasteiger partial charge in [0.25, 0.3) is 0 Å². The van der Waals surface area contributed by atoms with E-state index in [9.17, 15) is 4.39 Å². The molecule has 0 spiro atoms. The molecule has 0 aliphatic rings. The highest BCUT2D eigenvalue weighted by Gasteiger charge is 1.96. The molecule has 0 saturated heterocycles. The van der Waals surface area contributed by atoms with Crippen LogP contribution in [0.1, 0.15) is 5.56 Å². The van der Waals surface area contributed by atoms with Crippen LogP contribution >= 0.6 is 12.2 Å². The second-order valence-corrected chi connectivity index (χ2v) is 3.37. The van der Waals surface area contributed by atoms with Crippen LogP contribution in [0.3, 0.4) is 0 Å². The summed E-state index contributed by atoms with van der Waals surface area (Å²) in [5.74, 6) is 0.233. The largest absolute Gasteiger partial charge is 0.508 e. The number of aromatic hydroxyl groups is 1. The van der Waals surface area contributed by atoms with E-state index in [-0.39, 0.29) is 12.3 Å². The van der Waals surface area contributed by atoms with Crippen molar-refractivity contribution in [3.05, 3.63) is 29.8 Å². The van der Waals surface area contributed by atoms with Gasteiger partial charge >= 0.3 is 0 Å². The second kappa shape index (κ2) is 6.19. The first-order chi connectivity index (χ1) is 7.22. The number of hydrogen-bond acceptors (Lipinski definition) is 2. The summed E-state index contributed by atoms with van der Waals surface area (Å²) < 4.78 is 11.8. The molecule has 0 bridgehead atoms. The van der Waals surface area contributed by atoms with Gasteiger partial charge in [-0.1, -0.05) is 12.1 Å². The molecule has 0 amide bonds. The Hall–Kier alpha value is -1.36. The highest BCUT2D eigenvalue weighted by Crippen LogP contribution is 2.08. The van der Waals surface area contributed by atoms with E-state index in [1.54, 1.807) is 24.3 Å². The molecule has 0 atom stereocenters. The molecule has 0 unspecified atom stereocenters. The van der Waals surface area contributed by atoms with Crippen molar-refractivity contribution in [3.63, 3.8) is 0 Å². The Morgan fingerprint density at radius 3 is 2.53 bits per heavy atom. The first-order valence-corrected chi connectivity index (χ1v) is 4.99. The Morgan fingerprint density at radius 1 is 1.27 bits per heavy atom.